The molecule has 9 nitrogen and oxygen atoms in total. The molecule has 1 atom stereocenters. The van der Waals surface area contributed by atoms with E-state index in [2.05, 4.69) is 0 Å². The normalized spacial score (nSPS) is 19.0. The van der Waals surface area contributed by atoms with Gasteiger partial charge in [-0.1, -0.05) is 29.8 Å². The summed E-state index contributed by atoms with van der Waals surface area (Å²) in [4.78, 5) is 26.0. The summed E-state index contributed by atoms with van der Waals surface area (Å²) in [6, 6.07) is 10.4. The molecule has 2 heterocycles. The van der Waals surface area contributed by atoms with E-state index < -0.39 is 44.4 Å². The number of anilines is 1. The molecule has 1 saturated heterocycles. The van der Waals surface area contributed by atoms with Crippen molar-refractivity contribution in [1.29, 1.82) is 0 Å². The summed E-state index contributed by atoms with van der Waals surface area (Å²) in [5.41, 5.74) is 1.39. The molecule has 4 rings (SSSR count). The Morgan fingerprint density at radius 2 is 1.94 bits per heavy atom. The minimum absolute atomic E-state index is 0.0125. The van der Waals surface area contributed by atoms with Crippen molar-refractivity contribution in [2.75, 3.05) is 36.0 Å². The number of carbonyl (C=O) groups excluding carboxylic acids is 2. The maximum absolute atomic E-state index is 13.3. The quantitative estimate of drug-likeness (QED) is 0.527. The number of fused-ring (bicyclic) bond motifs is 1. The Balaban J connectivity index is 1.48. The minimum Gasteiger partial charge on any atom is -0.452 e. The number of halogens is 1. The molecule has 2 aromatic rings. The molecule has 1 fully saturated rings. The van der Waals surface area contributed by atoms with Crippen molar-refractivity contribution in [2.24, 2.45) is 0 Å². The number of benzene rings is 2. The van der Waals surface area contributed by atoms with Gasteiger partial charge in [0.05, 0.1) is 27.8 Å². The van der Waals surface area contributed by atoms with E-state index in [0.29, 0.717) is 18.5 Å². The van der Waals surface area contributed by atoms with E-state index >= 15 is 0 Å². The average molecular weight is 527 g/mol. The second-order valence-corrected chi connectivity index (χ2v) is 12.7. The van der Waals surface area contributed by atoms with Gasteiger partial charge in [-0.3, -0.25) is 9.10 Å². The molecule has 0 aliphatic carbocycles. The molecular weight excluding hydrogens is 504 g/mol. The highest BCUT2D eigenvalue weighted by molar-refractivity contribution is 7.93. The van der Waals surface area contributed by atoms with E-state index in [1.807, 2.05) is 12.1 Å². The molecule has 0 bridgehead atoms. The fourth-order valence-corrected chi connectivity index (χ4v) is 7.88. The second-order valence-electron chi connectivity index (χ2n) is 8.24. The summed E-state index contributed by atoms with van der Waals surface area (Å²) in [5.74, 6) is -1.55. The summed E-state index contributed by atoms with van der Waals surface area (Å²) in [7, 11) is -5.76. The van der Waals surface area contributed by atoms with Gasteiger partial charge in [-0.25, -0.2) is 21.6 Å². The van der Waals surface area contributed by atoms with Crippen LogP contribution >= 0.6 is 11.6 Å². The van der Waals surface area contributed by atoms with Gasteiger partial charge >= 0.3 is 5.97 Å². The molecule has 2 aliphatic heterocycles. The van der Waals surface area contributed by atoms with E-state index in [-0.39, 0.29) is 33.5 Å². The van der Waals surface area contributed by atoms with Crippen LogP contribution in [0, 0.1) is 0 Å². The first-order valence-electron chi connectivity index (χ1n) is 10.5. The molecule has 2 aliphatic rings. The summed E-state index contributed by atoms with van der Waals surface area (Å²) in [5, 5.41) is -0.0424. The number of esters is 1. The summed E-state index contributed by atoms with van der Waals surface area (Å²) in [6.45, 7) is -0.347. The number of hydrogen-bond acceptors (Lipinski definition) is 7. The van der Waals surface area contributed by atoms with Crippen LogP contribution in [0.4, 0.5) is 5.69 Å². The minimum atomic E-state index is -4.04. The number of sulfone groups is 1. The Hall–Kier alpha value is -2.63. The zero-order valence-electron chi connectivity index (χ0n) is 18.3. The predicted molar refractivity (Wildman–Crippen MR) is 126 cm³/mol. The zero-order valence-corrected chi connectivity index (χ0v) is 20.7. The van der Waals surface area contributed by atoms with E-state index in [1.54, 1.807) is 12.1 Å². The van der Waals surface area contributed by atoms with Gasteiger partial charge in [0.2, 0.25) is 0 Å². The van der Waals surface area contributed by atoms with Gasteiger partial charge in [0.15, 0.2) is 16.4 Å². The summed E-state index contributed by atoms with van der Waals surface area (Å²) < 4.78 is 56.3. The Morgan fingerprint density at radius 3 is 2.65 bits per heavy atom. The molecule has 34 heavy (non-hydrogen) atoms. The smallest absolute Gasteiger partial charge is 0.338 e. The van der Waals surface area contributed by atoms with Crippen LogP contribution in [-0.2, 0) is 35.8 Å². The number of ether oxygens (including phenoxy) is 1. The SMILES string of the molecule is CN(C(=O)COC(=O)c1ccc(Cl)c(S(=O)(=O)N2CCc3ccccc32)c1)[C@H]1CCS(=O)(=O)C1. The largest absolute Gasteiger partial charge is 0.452 e. The third kappa shape index (κ3) is 4.77. The van der Waals surface area contributed by atoms with Crippen LogP contribution in [0.1, 0.15) is 22.3 Å². The van der Waals surface area contributed by atoms with Gasteiger partial charge in [0.25, 0.3) is 15.9 Å². The highest BCUT2D eigenvalue weighted by atomic mass is 35.5. The molecule has 0 spiro atoms. The standard InChI is InChI=1S/C22H23ClN2O7S2/c1-24(17-9-11-33(28,29)14-17)21(26)13-32-22(27)16-6-7-18(23)20(12-16)34(30,31)25-10-8-15-4-2-3-5-19(15)25/h2-7,12,17H,8-11,13-14H2,1H3/t17-/m0/s1. The molecule has 0 saturated carbocycles. The highest BCUT2D eigenvalue weighted by Gasteiger charge is 2.34. The van der Waals surface area contributed by atoms with Crippen LogP contribution in [0.5, 0.6) is 0 Å². The molecule has 182 valence electrons. The number of hydrogen-bond donors (Lipinski definition) is 0. The Morgan fingerprint density at radius 1 is 1.21 bits per heavy atom. The monoisotopic (exact) mass is 526 g/mol. The Kier molecular flexibility index (Phi) is 6.63. The van der Waals surface area contributed by atoms with Crippen molar-refractivity contribution in [3.8, 4) is 0 Å². The molecule has 0 radical (unpaired) electrons. The van der Waals surface area contributed by atoms with Crippen LogP contribution in [0.15, 0.2) is 47.4 Å². The van der Waals surface area contributed by atoms with Crippen molar-refractivity contribution >= 4 is 49.0 Å². The van der Waals surface area contributed by atoms with Crippen molar-refractivity contribution in [3.63, 3.8) is 0 Å². The van der Waals surface area contributed by atoms with E-state index in [0.717, 1.165) is 11.6 Å². The van der Waals surface area contributed by atoms with Crippen LogP contribution in [0.3, 0.4) is 0 Å². The molecule has 0 N–H and O–H groups in total. The first-order valence-corrected chi connectivity index (χ1v) is 14.2. The topological polar surface area (TPSA) is 118 Å². The molecule has 0 unspecified atom stereocenters. The Bertz CT molecular complexity index is 1360. The van der Waals surface area contributed by atoms with Crippen LogP contribution < -0.4 is 4.31 Å². The first kappa shape index (κ1) is 24.5. The van der Waals surface area contributed by atoms with Gasteiger partial charge in [0.1, 0.15) is 4.90 Å². The van der Waals surface area contributed by atoms with Crippen molar-refractivity contribution in [3.05, 3.63) is 58.6 Å². The number of nitrogens with zero attached hydrogens (tertiary/aromatic N) is 2. The number of amides is 1. The van der Waals surface area contributed by atoms with Crippen molar-refractivity contribution in [1.82, 2.24) is 4.90 Å². The molecule has 12 heteroatoms. The fraction of sp³-hybridized carbons (Fsp3) is 0.364. The van der Waals surface area contributed by atoms with Crippen molar-refractivity contribution < 1.29 is 31.2 Å². The zero-order chi connectivity index (χ0) is 24.7. The number of carbonyl (C=O) groups is 2. The molecule has 1 amide bonds. The summed E-state index contributed by atoms with van der Waals surface area (Å²) in [6.07, 6.45) is 0.892. The molecular formula is C22H23ClN2O7S2. The van der Waals surface area contributed by atoms with Crippen LogP contribution in [-0.4, -0.2) is 71.4 Å². The lowest BCUT2D eigenvalue weighted by Crippen LogP contribution is -2.40. The third-order valence-electron chi connectivity index (χ3n) is 6.06. The predicted octanol–water partition coefficient (Wildman–Crippen LogP) is 1.89. The highest BCUT2D eigenvalue weighted by Crippen LogP contribution is 2.35. The second kappa shape index (κ2) is 9.20. The Labute approximate surface area is 203 Å². The van der Waals surface area contributed by atoms with Gasteiger partial charge in [-0.05, 0) is 42.7 Å². The lowest BCUT2D eigenvalue weighted by Gasteiger charge is -2.23. The lowest BCUT2D eigenvalue weighted by atomic mass is 10.2. The van der Waals surface area contributed by atoms with Gasteiger partial charge in [-0.2, -0.15) is 0 Å². The fourth-order valence-electron chi connectivity index (χ4n) is 4.10. The number of para-hydroxylation sites is 1. The van der Waals surface area contributed by atoms with E-state index in [9.17, 15) is 26.4 Å². The number of sulfonamides is 1. The average Bonchev–Trinajstić information content (AvgIpc) is 3.40. The first-order chi connectivity index (χ1) is 16.0. The van der Waals surface area contributed by atoms with E-state index in [1.165, 1.54) is 28.4 Å². The number of likely N-dealkylation sites (N-methyl/N-ethyl adjacent to an activating group) is 1. The van der Waals surface area contributed by atoms with Gasteiger partial charge in [0, 0.05) is 19.6 Å². The molecule has 0 aromatic heterocycles. The maximum Gasteiger partial charge on any atom is 0.338 e. The van der Waals surface area contributed by atoms with Gasteiger partial charge in [-0.15, -0.1) is 0 Å². The third-order valence-corrected chi connectivity index (χ3v) is 10.1. The summed E-state index contributed by atoms with van der Waals surface area (Å²) >= 11 is 6.19. The molecule has 2 aromatic carbocycles. The van der Waals surface area contributed by atoms with Gasteiger partial charge < -0.3 is 9.64 Å². The maximum atomic E-state index is 13.3. The van der Waals surface area contributed by atoms with Crippen LogP contribution in [0.25, 0.3) is 0 Å². The van der Waals surface area contributed by atoms with E-state index in [4.69, 9.17) is 16.3 Å². The van der Waals surface area contributed by atoms with Crippen molar-refractivity contribution in [2.45, 2.75) is 23.8 Å². The lowest BCUT2D eigenvalue weighted by molar-refractivity contribution is -0.134. The number of rotatable bonds is 6. The van der Waals surface area contributed by atoms with Crippen LogP contribution in [0.2, 0.25) is 5.02 Å².